The fourth-order valence-electron chi connectivity index (χ4n) is 5.40. The van der Waals surface area contributed by atoms with Gasteiger partial charge in [0.15, 0.2) is 5.11 Å². The van der Waals surface area contributed by atoms with E-state index >= 15 is 0 Å². The van der Waals surface area contributed by atoms with Gasteiger partial charge in [0.25, 0.3) is 5.91 Å². The zero-order valence-electron chi connectivity index (χ0n) is 20.7. The summed E-state index contributed by atoms with van der Waals surface area (Å²) in [4.78, 5) is 20.2. The van der Waals surface area contributed by atoms with Crippen LogP contribution in [0.5, 0.6) is 0 Å². The molecule has 0 bridgehead atoms. The van der Waals surface area contributed by atoms with Gasteiger partial charge in [0.2, 0.25) is 0 Å². The molecule has 0 atom stereocenters. The van der Waals surface area contributed by atoms with Crippen LogP contribution in [0.1, 0.15) is 49.9 Å². The monoisotopic (exact) mass is 481 g/mol. The van der Waals surface area contributed by atoms with Crippen molar-refractivity contribution in [2.75, 3.05) is 52.4 Å². The van der Waals surface area contributed by atoms with Gasteiger partial charge >= 0.3 is 0 Å². The van der Waals surface area contributed by atoms with Crippen LogP contribution in [0, 0.1) is 5.41 Å². The van der Waals surface area contributed by atoms with Gasteiger partial charge in [0, 0.05) is 45.1 Å². The van der Waals surface area contributed by atoms with Gasteiger partial charge in [-0.3, -0.25) is 4.79 Å². The third kappa shape index (κ3) is 5.63. The lowest BCUT2D eigenvalue weighted by atomic mass is 9.77. The minimum atomic E-state index is 0.138. The summed E-state index contributed by atoms with van der Waals surface area (Å²) in [7, 11) is 0. The number of benzene rings is 1. The van der Waals surface area contributed by atoms with Crippen LogP contribution in [-0.2, 0) is 0 Å². The summed E-state index contributed by atoms with van der Waals surface area (Å²) in [5, 5.41) is 4.38. The van der Waals surface area contributed by atoms with Gasteiger partial charge in [0.05, 0.1) is 11.3 Å². The summed E-state index contributed by atoms with van der Waals surface area (Å²) < 4.78 is 2.02. The number of nitrogens with one attached hydrogen (secondary N) is 1. The number of carbonyl (C=O) groups excluding carboxylic acids is 1. The van der Waals surface area contributed by atoms with Crippen molar-refractivity contribution < 1.29 is 4.79 Å². The Labute approximate surface area is 209 Å². The van der Waals surface area contributed by atoms with Crippen LogP contribution in [0.4, 0.5) is 0 Å². The summed E-state index contributed by atoms with van der Waals surface area (Å²) >= 11 is 5.72. The molecule has 1 aromatic heterocycles. The Hall–Kier alpha value is -2.38. The molecule has 6 nitrogen and oxygen atoms in total. The number of carbonyl (C=O) groups is 1. The fraction of sp³-hybridized carbons (Fsp3) is 0.556. The van der Waals surface area contributed by atoms with Gasteiger partial charge in [-0.25, -0.2) is 0 Å². The number of para-hydroxylation sites is 1. The van der Waals surface area contributed by atoms with Gasteiger partial charge in [-0.05, 0) is 87.2 Å². The average Bonchev–Trinajstić information content (AvgIpc) is 3.55. The standard InChI is InChI=1S/C27H39N5OS/c1-3-29(4-2)16-9-15-28-26(34)32-21-14-27(22-32)12-19-31(20-13-27)25(33)23-10-5-6-11-24(23)30-17-7-8-18-30/h5-8,10-11,17-18H,3-4,9,12-16,19-22H2,1-2H3,(H,28,34). The molecule has 1 spiro atoms. The molecule has 7 heteroatoms. The summed E-state index contributed by atoms with van der Waals surface area (Å²) in [6.45, 7) is 12.3. The van der Waals surface area contributed by atoms with Crippen molar-refractivity contribution in [3.05, 3.63) is 54.4 Å². The second-order valence-electron chi connectivity index (χ2n) is 9.68. The average molecular weight is 482 g/mol. The predicted molar refractivity (Wildman–Crippen MR) is 143 cm³/mol. The largest absolute Gasteiger partial charge is 0.363 e. The first-order valence-corrected chi connectivity index (χ1v) is 13.2. The maximum atomic E-state index is 13.4. The number of hydrogen-bond donors (Lipinski definition) is 1. The van der Waals surface area contributed by atoms with E-state index in [2.05, 4.69) is 29.0 Å². The lowest BCUT2D eigenvalue weighted by Gasteiger charge is -2.39. The number of nitrogens with zero attached hydrogens (tertiary/aromatic N) is 4. The van der Waals surface area contributed by atoms with E-state index < -0.39 is 0 Å². The Bertz CT molecular complexity index is 948. The van der Waals surface area contributed by atoms with E-state index in [1.165, 1.54) is 0 Å². The van der Waals surface area contributed by atoms with Crippen molar-refractivity contribution in [3.63, 3.8) is 0 Å². The van der Waals surface area contributed by atoms with Gasteiger partial charge < -0.3 is 24.6 Å². The molecule has 2 aliphatic heterocycles. The Morgan fingerprint density at radius 1 is 1.00 bits per heavy atom. The van der Waals surface area contributed by atoms with Crippen LogP contribution < -0.4 is 5.32 Å². The number of rotatable bonds is 8. The molecule has 1 N–H and O–H groups in total. The summed E-state index contributed by atoms with van der Waals surface area (Å²) in [5.41, 5.74) is 2.00. The zero-order chi connectivity index (χ0) is 24.0. The Kier molecular flexibility index (Phi) is 8.27. The van der Waals surface area contributed by atoms with E-state index in [0.717, 1.165) is 94.4 Å². The lowest BCUT2D eigenvalue weighted by Crippen LogP contribution is -2.46. The minimum Gasteiger partial charge on any atom is -0.363 e. The van der Waals surface area contributed by atoms with E-state index in [-0.39, 0.29) is 11.3 Å². The molecule has 1 amide bonds. The van der Waals surface area contributed by atoms with E-state index in [1.54, 1.807) is 0 Å². The molecular weight excluding hydrogens is 442 g/mol. The highest BCUT2D eigenvalue weighted by molar-refractivity contribution is 7.80. The topological polar surface area (TPSA) is 43.8 Å². The number of thiocarbonyl (C=S) groups is 1. The molecule has 184 valence electrons. The highest BCUT2D eigenvalue weighted by atomic mass is 32.1. The van der Waals surface area contributed by atoms with Crippen molar-refractivity contribution in [3.8, 4) is 5.69 Å². The molecule has 4 rings (SSSR count). The van der Waals surface area contributed by atoms with Crippen LogP contribution in [0.25, 0.3) is 5.69 Å². The van der Waals surface area contributed by atoms with Crippen molar-refractivity contribution >= 4 is 23.2 Å². The first kappa shape index (κ1) is 24.7. The number of hydrogen-bond acceptors (Lipinski definition) is 3. The molecule has 2 aliphatic rings. The molecular formula is C27H39N5OS. The quantitative estimate of drug-likeness (QED) is 0.456. The van der Waals surface area contributed by atoms with Gasteiger partial charge in [0.1, 0.15) is 0 Å². The second-order valence-corrected chi connectivity index (χ2v) is 10.1. The maximum Gasteiger partial charge on any atom is 0.255 e. The van der Waals surface area contributed by atoms with Crippen LogP contribution in [0.2, 0.25) is 0 Å². The van der Waals surface area contributed by atoms with Crippen molar-refractivity contribution in [1.82, 2.24) is 24.6 Å². The van der Waals surface area contributed by atoms with Crippen molar-refractivity contribution in [1.29, 1.82) is 0 Å². The highest BCUT2D eigenvalue weighted by Gasteiger charge is 2.42. The third-order valence-corrected chi connectivity index (χ3v) is 8.08. The van der Waals surface area contributed by atoms with E-state index in [0.29, 0.717) is 0 Å². The van der Waals surface area contributed by atoms with Crippen molar-refractivity contribution in [2.24, 2.45) is 5.41 Å². The van der Waals surface area contributed by atoms with Crippen molar-refractivity contribution in [2.45, 2.75) is 39.5 Å². The summed E-state index contributed by atoms with van der Waals surface area (Å²) in [6.07, 6.45) is 8.35. The molecule has 34 heavy (non-hydrogen) atoms. The normalized spacial score (nSPS) is 17.5. The van der Waals surface area contributed by atoms with Gasteiger partial charge in [-0.15, -0.1) is 0 Å². The molecule has 2 aromatic rings. The SMILES string of the molecule is CCN(CC)CCCNC(=S)N1CCC2(CCN(C(=O)c3ccccc3-n3cccc3)CC2)C1. The summed E-state index contributed by atoms with van der Waals surface area (Å²) in [5.74, 6) is 0.138. The van der Waals surface area contributed by atoms with Gasteiger partial charge in [-0.1, -0.05) is 26.0 Å². The third-order valence-electron chi connectivity index (χ3n) is 7.68. The van der Waals surface area contributed by atoms with Crippen LogP contribution in [-0.4, -0.2) is 82.6 Å². The number of amides is 1. The first-order valence-electron chi connectivity index (χ1n) is 12.8. The zero-order valence-corrected chi connectivity index (χ0v) is 21.5. The molecule has 1 aromatic carbocycles. The smallest absolute Gasteiger partial charge is 0.255 e. The van der Waals surface area contributed by atoms with Crippen LogP contribution in [0.3, 0.4) is 0 Å². The van der Waals surface area contributed by atoms with Gasteiger partial charge in [-0.2, -0.15) is 0 Å². The maximum absolute atomic E-state index is 13.4. The van der Waals surface area contributed by atoms with E-state index in [9.17, 15) is 4.79 Å². The Balaban J connectivity index is 1.27. The molecule has 2 fully saturated rings. The predicted octanol–water partition coefficient (Wildman–Crippen LogP) is 4.01. The molecule has 3 heterocycles. The number of likely N-dealkylation sites (tertiary alicyclic amines) is 2. The number of aromatic nitrogens is 1. The van der Waals surface area contributed by atoms with E-state index in [4.69, 9.17) is 12.2 Å². The Morgan fingerprint density at radius 3 is 2.32 bits per heavy atom. The molecule has 0 unspecified atom stereocenters. The number of piperidine rings is 1. The highest BCUT2D eigenvalue weighted by Crippen LogP contribution is 2.40. The molecule has 0 saturated carbocycles. The van der Waals surface area contributed by atoms with Crippen LogP contribution in [0.15, 0.2) is 48.8 Å². The molecule has 0 radical (unpaired) electrons. The molecule has 2 saturated heterocycles. The minimum absolute atomic E-state index is 0.138. The fourth-order valence-corrected chi connectivity index (χ4v) is 5.65. The Morgan fingerprint density at radius 2 is 1.65 bits per heavy atom. The first-order chi connectivity index (χ1) is 16.5. The molecule has 0 aliphatic carbocycles. The lowest BCUT2D eigenvalue weighted by molar-refractivity contribution is 0.0598. The van der Waals surface area contributed by atoms with Crippen LogP contribution >= 0.6 is 12.2 Å². The second kappa shape index (κ2) is 11.4. The van der Waals surface area contributed by atoms with E-state index in [1.807, 2.05) is 58.3 Å². The summed E-state index contributed by atoms with van der Waals surface area (Å²) in [6, 6.07) is 11.9.